The van der Waals surface area contributed by atoms with Crippen LogP contribution in [0.2, 0.25) is 39.3 Å². The fourth-order valence-corrected chi connectivity index (χ4v) is 4.03. The molecule has 1 aliphatic heterocycles. The van der Waals surface area contributed by atoms with Gasteiger partial charge in [0, 0.05) is 19.1 Å². The molecule has 0 aliphatic carbocycles. The zero-order chi connectivity index (χ0) is 18.2. The van der Waals surface area contributed by atoms with E-state index in [1.54, 1.807) is 0 Å². The summed E-state index contributed by atoms with van der Waals surface area (Å²) in [5, 5.41) is 0. The van der Waals surface area contributed by atoms with Gasteiger partial charge in [0.15, 0.2) is 22.9 Å². The van der Waals surface area contributed by atoms with Gasteiger partial charge in [0.2, 0.25) is 0 Å². The first-order valence-electron chi connectivity index (χ1n) is 9.62. The van der Waals surface area contributed by atoms with E-state index in [1.165, 1.54) is 25.7 Å². The molecule has 1 rings (SSSR count). The summed E-state index contributed by atoms with van der Waals surface area (Å²) in [6, 6.07) is 0. The highest BCUT2D eigenvalue weighted by molar-refractivity contribution is 6.70. The lowest BCUT2D eigenvalue weighted by Crippen LogP contribution is -2.44. The van der Waals surface area contributed by atoms with Crippen molar-refractivity contribution >= 4 is 16.6 Å². The molecule has 0 amide bonds. The highest BCUT2D eigenvalue weighted by atomic mass is 28.4. The Kier molecular flexibility index (Phi) is 9.70. The van der Waals surface area contributed by atoms with Gasteiger partial charge < -0.3 is 18.3 Å². The average Bonchev–Trinajstić information content (AvgIpc) is 2.46. The first-order chi connectivity index (χ1) is 11.1. The normalized spacial score (nSPS) is 23.0. The van der Waals surface area contributed by atoms with Crippen LogP contribution in [-0.4, -0.2) is 49.4 Å². The van der Waals surface area contributed by atoms with Crippen molar-refractivity contribution in [2.75, 3.05) is 26.4 Å². The third kappa shape index (κ3) is 10.3. The van der Waals surface area contributed by atoms with Crippen LogP contribution in [0.5, 0.6) is 0 Å². The Morgan fingerprint density at radius 3 is 1.79 bits per heavy atom. The number of hydrogen-bond donors (Lipinski definition) is 0. The molecule has 0 radical (unpaired) electrons. The van der Waals surface area contributed by atoms with Gasteiger partial charge in [0.25, 0.3) is 0 Å². The molecule has 4 nitrogen and oxygen atoms in total. The molecule has 0 N–H and O–H groups in total. The zero-order valence-corrected chi connectivity index (χ0v) is 19.0. The van der Waals surface area contributed by atoms with Crippen LogP contribution < -0.4 is 0 Å². The second-order valence-corrected chi connectivity index (χ2v) is 18.0. The Morgan fingerprint density at radius 1 is 0.875 bits per heavy atom. The van der Waals surface area contributed by atoms with Crippen molar-refractivity contribution in [3.63, 3.8) is 0 Å². The molecule has 6 heteroatoms. The van der Waals surface area contributed by atoms with E-state index >= 15 is 0 Å². The Bertz CT molecular complexity index is 313. The minimum Gasteiger partial charge on any atom is -0.417 e. The van der Waals surface area contributed by atoms with E-state index in [1.807, 2.05) is 0 Å². The number of ether oxygens (including phenoxy) is 2. The average molecular weight is 377 g/mol. The predicted molar refractivity (Wildman–Crippen MR) is 105 cm³/mol. The maximum Gasteiger partial charge on any atom is 0.183 e. The fraction of sp³-hybridized carbons (Fsp3) is 1.00. The van der Waals surface area contributed by atoms with Gasteiger partial charge in [0.05, 0.1) is 19.1 Å². The molecular formula is C18H40O4Si2. The Labute approximate surface area is 151 Å². The molecule has 0 saturated carbocycles. The van der Waals surface area contributed by atoms with Gasteiger partial charge in [-0.2, -0.15) is 0 Å². The van der Waals surface area contributed by atoms with Crippen molar-refractivity contribution in [2.24, 2.45) is 11.8 Å². The van der Waals surface area contributed by atoms with E-state index in [4.69, 9.17) is 18.3 Å². The summed E-state index contributed by atoms with van der Waals surface area (Å²) in [6.07, 6.45) is 4.87. The summed E-state index contributed by atoms with van der Waals surface area (Å²) < 4.78 is 24.4. The van der Waals surface area contributed by atoms with Gasteiger partial charge in [-0.3, -0.25) is 0 Å². The third-order valence-corrected chi connectivity index (χ3v) is 6.12. The minimum atomic E-state index is -1.55. The number of unbranched alkanes of at least 4 members (excludes halogenated alkanes) is 2. The van der Waals surface area contributed by atoms with E-state index in [-0.39, 0.29) is 12.2 Å². The second kappa shape index (κ2) is 10.4. The van der Waals surface area contributed by atoms with Crippen LogP contribution in [0.4, 0.5) is 0 Å². The molecule has 0 aromatic heterocycles. The molecule has 144 valence electrons. The molecule has 0 unspecified atom stereocenters. The molecule has 0 spiro atoms. The van der Waals surface area contributed by atoms with Crippen LogP contribution in [0.1, 0.15) is 32.6 Å². The van der Waals surface area contributed by atoms with Gasteiger partial charge in [-0.25, -0.2) is 0 Å². The van der Waals surface area contributed by atoms with Crippen molar-refractivity contribution in [2.45, 2.75) is 78.2 Å². The van der Waals surface area contributed by atoms with E-state index in [0.29, 0.717) is 19.1 Å². The van der Waals surface area contributed by atoms with Crippen molar-refractivity contribution in [1.29, 1.82) is 0 Å². The lowest BCUT2D eigenvalue weighted by Gasteiger charge is -2.36. The largest absolute Gasteiger partial charge is 0.417 e. The summed E-state index contributed by atoms with van der Waals surface area (Å²) in [5.74, 6) is 0.712. The number of rotatable bonds is 11. The van der Waals surface area contributed by atoms with Gasteiger partial charge >= 0.3 is 0 Å². The number of hydrogen-bond acceptors (Lipinski definition) is 4. The third-order valence-electron chi connectivity index (χ3n) is 4.05. The monoisotopic (exact) mass is 376 g/mol. The molecule has 1 heterocycles. The zero-order valence-electron chi connectivity index (χ0n) is 17.0. The van der Waals surface area contributed by atoms with Crippen molar-refractivity contribution in [3.8, 4) is 0 Å². The van der Waals surface area contributed by atoms with E-state index < -0.39 is 16.6 Å². The molecular weight excluding hydrogens is 336 g/mol. The van der Waals surface area contributed by atoms with Gasteiger partial charge in [-0.15, -0.1) is 0 Å². The predicted octanol–water partition coefficient (Wildman–Crippen LogP) is 4.88. The van der Waals surface area contributed by atoms with E-state index in [9.17, 15) is 0 Å². The molecule has 1 saturated heterocycles. The minimum absolute atomic E-state index is 0.167. The van der Waals surface area contributed by atoms with Crippen LogP contribution >= 0.6 is 0 Å². The highest BCUT2D eigenvalue weighted by Gasteiger charge is 2.32. The first kappa shape index (κ1) is 22.3. The van der Waals surface area contributed by atoms with Gasteiger partial charge in [-0.1, -0.05) is 26.2 Å². The van der Waals surface area contributed by atoms with Gasteiger partial charge in [-0.05, 0) is 45.7 Å². The second-order valence-electron chi connectivity index (χ2n) is 9.00. The Morgan fingerprint density at radius 2 is 1.38 bits per heavy atom. The lowest BCUT2D eigenvalue weighted by atomic mass is 10.0. The quantitative estimate of drug-likeness (QED) is 0.380. The smallest absolute Gasteiger partial charge is 0.183 e. The first-order valence-corrected chi connectivity index (χ1v) is 16.4. The van der Waals surface area contributed by atoms with Crippen molar-refractivity contribution in [3.05, 3.63) is 0 Å². The molecule has 24 heavy (non-hydrogen) atoms. The molecule has 0 bridgehead atoms. The van der Waals surface area contributed by atoms with E-state index in [2.05, 4.69) is 46.2 Å². The summed E-state index contributed by atoms with van der Waals surface area (Å²) in [4.78, 5) is 0. The highest BCUT2D eigenvalue weighted by Crippen LogP contribution is 2.24. The SMILES string of the molecule is CCCCC[C@H]1CO[C@H](C(CO[Si](C)(C)C)CO[Si](C)(C)C)OC1. The maximum atomic E-state index is 6.13. The van der Waals surface area contributed by atoms with Crippen LogP contribution in [0.3, 0.4) is 0 Å². The topological polar surface area (TPSA) is 36.9 Å². The Hall–Kier alpha value is 0.274. The van der Waals surface area contributed by atoms with E-state index in [0.717, 1.165) is 13.2 Å². The molecule has 1 aliphatic rings. The summed E-state index contributed by atoms with van der Waals surface area (Å²) >= 11 is 0. The fourth-order valence-electron chi connectivity index (χ4n) is 2.60. The van der Waals surface area contributed by atoms with Crippen LogP contribution in [0, 0.1) is 11.8 Å². The summed E-state index contributed by atoms with van der Waals surface area (Å²) in [5.41, 5.74) is 0. The maximum absolute atomic E-state index is 6.13. The summed E-state index contributed by atoms with van der Waals surface area (Å²) in [6.45, 7) is 18.5. The van der Waals surface area contributed by atoms with Gasteiger partial charge in [0.1, 0.15) is 0 Å². The standard InChI is InChI=1S/C18H40O4Si2/c1-8-9-10-11-16-12-19-18(20-13-16)17(14-21-23(2,3)4)15-22-24(5,6)7/h16-18H,8-15H2,1-7H3/t16-,18-. The van der Waals surface area contributed by atoms with Crippen LogP contribution in [-0.2, 0) is 18.3 Å². The Balaban J connectivity index is 2.48. The molecule has 0 aromatic carbocycles. The molecule has 0 atom stereocenters. The van der Waals surface area contributed by atoms with Crippen LogP contribution in [0.15, 0.2) is 0 Å². The molecule has 0 aromatic rings. The summed E-state index contributed by atoms with van der Waals surface area (Å²) in [7, 11) is -3.10. The molecule has 1 fully saturated rings. The van der Waals surface area contributed by atoms with Crippen molar-refractivity contribution in [1.82, 2.24) is 0 Å². The van der Waals surface area contributed by atoms with Crippen LogP contribution in [0.25, 0.3) is 0 Å². The van der Waals surface area contributed by atoms with Crippen molar-refractivity contribution < 1.29 is 18.3 Å². The lowest BCUT2D eigenvalue weighted by molar-refractivity contribution is -0.232.